The minimum atomic E-state index is -0.532. The zero-order valence-electron chi connectivity index (χ0n) is 15.2. The number of carbonyl (C=O) groups is 1. The van der Waals surface area contributed by atoms with Crippen LogP contribution in [0.15, 0.2) is 54.6 Å². The number of carbonyl (C=O) groups excluding carboxylic acids is 1. The Kier molecular flexibility index (Phi) is 6.26. The lowest BCUT2D eigenvalue weighted by Gasteiger charge is -2.22. The summed E-state index contributed by atoms with van der Waals surface area (Å²) in [4.78, 5) is 16.7. The summed E-state index contributed by atoms with van der Waals surface area (Å²) in [5.41, 5.74) is 2.14. The van der Waals surface area contributed by atoms with Crippen LogP contribution in [-0.4, -0.2) is 60.2 Å². The molecule has 0 spiro atoms. The molecule has 5 heteroatoms. The quantitative estimate of drug-likeness (QED) is 0.892. The number of hydrogen-bond donors (Lipinski definition) is 1. The monoisotopic (exact) mass is 354 g/mol. The number of methoxy groups -OCH3 is 1. The average Bonchev–Trinajstić information content (AvgIpc) is 2.84. The molecule has 1 saturated heterocycles. The van der Waals surface area contributed by atoms with Crippen LogP contribution in [0.1, 0.15) is 11.1 Å². The minimum Gasteiger partial charge on any atom is -0.497 e. The molecule has 0 aromatic heterocycles. The van der Waals surface area contributed by atoms with Gasteiger partial charge in [0.15, 0.2) is 0 Å². The summed E-state index contributed by atoms with van der Waals surface area (Å²) in [6.07, 6.45) is -0.210. The fourth-order valence-corrected chi connectivity index (χ4v) is 3.34. The maximum absolute atomic E-state index is 12.7. The van der Waals surface area contributed by atoms with Crippen molar-refractivity contribution < 1.29 is 14.6 Å². The zero-order valence-corrected chi connectivity index (χ0v) is 15.2. The highest BCUT2D eigenvalue weighted by Crippen LogP contribution is 2.15. The fraction of sp³-hybridized carbons (Fsp3) is 0.381. The van der Waals surface area contributed by atoms with Gasteiger partial charge in [-0.2, -0.15) is 0 Å². The van der Waals surface area contributed by atoms with Crippen molar-refractivity contribution in [1.29, 1.82) is 0 Å². The number of benzene rings is 2. The molecule has 1 aliphatic rings. The van der Waals surface area contributed by atoms with E-state index in [0.29, 0.717) is 26.1 Å². The predicted molar refractivity (Wildman–Crippen MR) is 101 cm³/mol. The molecule has 2 aromatic rings. The van der Waals surface area contributed by atoms with E-state index in [1.807, 2.05) is 42.5 Å². The maximum Gasteiger partial charge on any atom is 0.227 e. The molecular formula is C21H26N2O3. The van der Waals surface area contributed by atoms with E-state index in [0.717, 1.165) is 24.4 Å². The van der Waals surface area contributed by atoms with E-state index in [2.05, 4.69) is 17.0 Å². The van der Waals surface area contributed by atoms with Crippen LogP contribution in [0.2, 0.25) is 0 Å². The van der Waals surface area contributed by atoms with Gasteiger partial charge in [-0.1, -0.05) is 42.5 Å². The molecule has 0 bridgehead atoms. The SMILES string of the molecule is COc1cccc(CC(=O)N2CCN(Cc3ccccc3)C[C@H](O)C2)c1. The average molecular weight is 354 g/mol. The van der Waals surface area contributed by atoms with Crippen molar-refractivity contribution in [2.24, 2.45) is 0 Å². The molecule has 0 saturated carbocycles. The Bertz CT molecular complexity index is 720. The van der Waals surface area contributed by atoms with Crippen molar-refractivity contribution in [3.05, 3.63) is 65.7 Å². The molecule has 138 valence electrons. The van der Waals surface area contributed by atoms with Crippen LogP contribution in [0.4, 0.5) is 0 Å². The molecule has 1 fully saturated rings. The van der Waals surface area contributed by atoms with Crippen LogP contribution in [0.25, 0.3) is 0 Å². The summed E-state index contributed by atoms with van der Waals surface area (Å²) in [6, 6.07) is 17.8. The first kappa shape index (κ1) is 18.4. The van der Waals surface area contributed by atoms with Gasteiger partial charge in [0.1, 0.15) is 5.75 Å². The predicted octanol–water partition coefficient (Wildman–Crippen LogP) is 1.94. The van der Waals surface area contributed by atoms with E-state index >= 15 is 0 Å². The Labute approximate surface area is 154 Å². The number of amides is 1. The van der Waals surface area contributed by atoms with Crippen LogP contribution in [0, 0.1) is 0 Å². The maximum atomic E-state index is 12.7. The molecule has 0 radical (unpaired) electrons. The summed E-state index contributed by atoms with van der Waals surface area (Å²) in [5, 5.41) is 10.3. The molecule has 2 aromatic carbocycles. The third-order valence-electron chi connectivity index (χ3n) is 4.68. The van der Waals surface area contributed by atoms with Gasteiger partial charge in [0.05, 0.1) is 19.6 Å². The minimum absolute atomic E-state index is 0.0406. The number of aliphatic hydroxyl groups is 1. The summed E-state index contributed by atoms with van der Waals surface area (Å²) in [7, 11) is 1.62. The molecule has 1 aliphatic heterocycles. The molecule has 26 heavy (non-hydrogen) atoms. The molecule has 1 atom stereocenters. The van der Waals surface area contributed by atoms with E-state index in [9.17, 15) is 9.90 Å². The van der Waals surface area contributed by atoms with E-state index < -0.39 is 6.10 Å². The van der Waals surface area contributed by atoms with Crippen molar-refractivity contribution in [3.63, 3.8) is 0 Å². The molecule has 0 unspecified atom stereocenters. The van der Waals surface area contributed by atoms with E-state index in [1.165, 1.54) is 5.56 Å². The fourth-order valence-electron chi connectivity index (χ4n) is 3.34. The van der Waals surface area contributed by atoms with Crippen molar-refractivity contribution in [2.75, 3.05) is 33.3 Å². The Hall–Kier alpha value is -2.37. The third kappa shape index (κ3) is 5.07. The van der Waals surface area contributed by atoms with Gasteiger partial charge in [0.2, 0.25) is 5.91 Å². The van der Waals surface area contributed by atoms with Gasteiger partial charge in [-0.05, 0) is 23.3 Å². The van der Waals surface area contributed by atoms with Crippen molar-refractivity contribution in [3.8, 4) is 5.75 Å². The molecule has 0 aliphatic carbocycles. The normalized spacial score (nSPS) is 18.4. The second-order valence-corrected chi connectivity index (χ2v) is 6.74. The van der Waals surface area contributed by atoms with Crippen LogP contribution < -0.4 is 4.74 Å². The van der Waals surface area contributed by atoms with Gasteiger partial charge in [0.25, 0.3) is 0 Å². The third-order valence-corrected chi connectivity index (χ3v) is 4.68. The molecule has 1 N–H and O–H groups in total. The Morgan fingerprint density at radius 3 is 2.62 bits per heavy atom. The van der Waals surface area contributed by atoms with Gasteiger partial charge in [-0.15, -0.1) is 0 Å². The van der Waals surface area contributed by atoms with Crippen molar-refractivity contribution >= 4 is 5.91 Å². The number of nitrogens with zero attached hydrogens (tertiary/aromatic N) is 2. The summed E-state index contributed by atoms with van der Waals surface area (Å²) >= 11 is 0. The van der Waals surface area contributed by atoms with Crippen LogP contribution in [0.5, 0.6) is 5.75 Å². The first-order chi connectivity index (χ1) is 12.6. The van der Waals surface area contributed by atoms with Crippen LogP contribution >= 0.6 is 0 Å². The Balaban J connectivity index is 1.59. The smallest absolute Gasteiger partial charge is 0.227 e. The number of ether oxygens (including phenoxy) is 1. The second-order valence-electron chi connectivity index (χ2n) is 6.74. The molecular weight excluding hydrogens is 328 g/mol. The second kappa shape index (κ2) is 8.83. The number of rotatable bonds is 5. The summed E-state index contributed by atoms with van der Waals surface area (Å²) in [5.74, 6) is 0.791. The van der Waals surface area contributed by atoms with Gasteiger partial charge in [0, 0.05) is 32.7 Å². The molecule has 1 amide bonds. The highest BCUT2D eigenvalue weighted by atomic mass is 16.5. The molecule has 3 rings (SSSR count). The lowest BCUT2D eigenvalue weighted by molar-refractivity contribution is -0.131. The lowest BCUT2D eigenvalue weighted by atomic mass is 10.1. The molecule has 1 heterocycles. The van der Waals surface area contributed by atoms with E-state index in [-0.39, 0.29) is 5.91 Å². The number of hydrogen-bond acceptors (Lipinski definition) is 4. The van der Waals surface area contributed by atoms with Gasteiger partial charge >= 0.3 is 0 Å². The zero-order chi connectivity index (χ0) is 18.4. The Morgan fingerprint density at radius 2 is 1.85 bits per heavy atom. The van der Waals surface area contributed by atoms with Crippen molar-refractivity contribution in [1.82, 2.24) is 9.80 Å². The summed E-state index contributed by atoms with van der Waals surface area (Å²) < 4.78 is 5.22. The van der Waals surface area contributed by atoms with Crippen molar-refractivity contribution in [2.45, 2.75) is 19.1 Å². The Morgan fingerprint density at radius 1 is 1.08 bits per heavy atom. The lowest BCUT2D eigenvalue weighted by Crippen LogP contribution is -2.38. The summed E-state index contributed by atoms with van der Waals surface area (Å²) in [6.45, 7) is 3.14. The van der Waals surface area contributed by atoms with Gasteiger partial charge < -0.3 is 14.7 Å². The highest BCUT2D eigenvalue weighted by Gasteiger charge is 2.24. The molecule has 5 nitrogen and oxygen atoms in total. The number of aliphatic hydroxyl groups excluding tert-OH is 1. The van der Waals surface area contributed by atoms with E-state index in [1.54, 1.807) is 12.0 Å². The number of β-amino-alcohol motifs (C(OH)–C–C–N with tert-alkyl or cyclic N) is 1. The standard InChI is InChI=1S/C21H26N2O3/c1-26-20-9-5-8-18(12-20)13-21(25)23-11-10-22(15-19(24)16-23)14-17-6-3-2-4-7-17/h2-9,12,19,24H,10-11,13-16H2,1H3/t19-/m0/s1. The van der Waals surface area contributed by atoms with E-state index in [4.69, 9.17) is 4.74 Å². The van der Waals surface area contributed by atoms with Crippen LogP contribution in [0.3, 0.4) is 0 Å². The van der Waals surface area contributed by atoms with Gasteiger partial charge in [-0.25, -0.2) is 0 Å². The first-order valence-corrected chi connectivity index (χ1v) is 8.99. The largest absolute Gasteiger partial charge is 0.497 e. The van der Waals surface area contributed by atoms with Crippen LogP contribution in [-0.2, 0) is 17.8 Å². The van der Waals surface area contributed by atoms with Gasteiger partial charge in [-0.3, -0.25) is 9.69 Å². The highest BCUT2D eigenvalue weighted by molar-refractivity contribution is 5.79. The topological polar surface area (TPSA) is 53.0 Å². The first-order valence-electron chi connectivity index (χ1n) is 8.99.